The molecule has 3 aromatic rings. The number of hydrogen-bond donors (Lipinski definition) is 1. The van der Waals surface area contributed by atoms with E-state index in [-0.39, 0.29) is 0 Å². The van der Waals surface area contributed by atoms with E-state index in [1.165, 1.54) is 10.9 Å². The average molecular weight is 196 g/mol. The molecular formula is C13H12N2. The zero-order valence-corrected chi connectivity index (χ0v) is 8.83. The Morgan fingerprint density at radius 1 is 1.13 bits per heavy atom. The molecule has 0 amide bonds. The molecule has 0 bridgehead atoms. The SMILES string of the molecule is Cc1cc(C)c2[nH]c3ccccc3c2n1. The standard InChI is InChI=1S/C13H12N2/c1-8-7-9(2)14-13-10-5-3-4-6-11(10)15-12(8)13/h3-7,15H,1-2H3. The molecule has 74 valence electrons. The number of pyridine rings is 1. The van der Waals surface area contributed by atoms with Crippen molar-refractivity contribution in [1.82, 2.24) is 9.97 Å². The number of fused-ring (bicyclic) bond motifs is 3. The first kappa shape index (κ1) is 8.48. The van der Waals surface area contributed by atoms with Gasteiger partial charge >= 0.3 is 0 Å². The molecule has 15 heavy (non-hydrogen) atoms. The highest BCUT2D eigenvalue weighted by Crippen LogP contribution is 2.25. The van der Waals surface area contributed by atoms with Crippen molar-refractivity contribution in [3.63, 3.8) is 0 Å². The maximum absolute atomic E-state index is 4.59. The molecule has 0 atom stereocenters. The van der Waals surface area contributed by atoms with Gasteiger partial charge in [0.25, 0.3) is 0 Å². The van der Waals surface area contributed by atoms with Crippen molar-refractivity contribution < 1.29 is 0 Å². The van der Waals surface area contributed by atoms with Gasteiger partial charge in [0.1, 0.15) is 0 Å². The molecule has 0 aliphatic heterocycles. The number of aromatic amines is 1. The summed E-state index contributed by atoms with van der Waals surface area (Å²) in [4.78, 5) is 8.00. The molecule has 0 saturated carbocycles. The molecule has 2 heteroatoms. The molecule has 0 aliphatic carbocycles. The fourth-order valence-electron chi connectivity index (χ4n) is 2.12. The number of hydrogen-bond acceptors (Lipinski definition) is 1. The number of para-hydroxylation sites is 1. The van der Waals surface area contributed by atoms with Crippen molar-refractivity contribution >= 4 is 21.9 Å². The van der Waals surface area contributed by atoms with Crippen LogP contribution in [0.25, 0.3) is 21.9 Å². The van der Waals surface area contributed by atoms with Crippen molar-refractivity contribution in [3.05, 3.63) is 41.6 Å². The van der Waals surface area contributed by atoms with Crippen molar-refractivity contribution in [2.24, 2.45) is 0 Å². The van der Waals surface area contributed by atoms with E-state index >= 15 is 0 Å². The zero-order valence-electron chi connectivity index (χ0n) is 8.83. The Morgan fingerprint density at radius 3 is 2.80 bits per heavy atom. The third-order valence-corrected chi connectivity index (χ3v) is 2.79. The third-order valence-electron chi connectivity index (χ3n) is 2.79. The lowest BCUT2D eigenvalue weighted by Crippen LogP contribution is -1.84. The van der Waals surface area contributed by atoms with Crippen LogP contribution in [-0.4, -0.2) is 9.97 Å². The Balaban J connectivity index is 2.61. The first-order valence-electron chi connectivity index (χ1n) is 5.10. The Kier molecular flexibility index (Phi) is 1.60. The maximum Gasteiger partial charge on any atom is 0.0963 e. The van der Waals surface area contributed by atoms with Crippen molar-refractivity contribution in [1.29, 1.82) is 0 Å². The summed E-state index contributed by atoms with van der Waals surface area (Å²) >= 11 is 0. The van der Waals surface area contributed by atoms with Gasteiger partial charge in [-0.05, 0) is 31.5 Å². The van der Waals surface area contributed by atoms with Crippen LogP contribution in [0.1, 0.15) is 11.3 Å². The van der Waals surface area contributed by atoms with Gasteiger partial charge in [-0.15, -0.1) is 0 Å². The van der Waals surface area contributed by atoms with Crippen LogP contribution in [0.15, 0.2) is 30.3 Å². The lowest BCUT2D eigenvalue weighted by Gasteiger charge is -1.97. The molecule has 0 fully saturated rings. The molecule has 0 unspecified atom stereocenters. The second kappa shape index (κ2) is 2.83. The first-order chi connectivity index (χ1) is 7.25. The van der Waals surface area contributed by atoms with E-state index in [4.69, 9.17) is 0 Å². The predicted octanol–water partition coefficient (Wildman–Crippen LogP) is 3.33. The number of rotatable bonds is 0. The number of nitrogens with zero attached hydrogens (tertiary/aromatic N) is 1. The molecule has 0 aliphatic rings. The minimum Gasteiger partial charge on any atom is -0.353 e. The highest BCUT2D eigenvalue weighted by Gasteiger charge is 2.07. The largest absolute Gasteiger partial charge is 0.353 e. The van der Waals surface area contributed by atoms with Crippen molar-refractivity contribution in [3.8, 4) is 0 Å². The Labute approximate surface area is 88.0 Å². The molecule has 1 aromatic carbocycles. The predicted molar refractivity (Wildman–Crippen MR) is 63.1 cm³/mol. The van der Waals surface area contributed by atoms with Crippen LogP contribution in [0.2, 0.25) is 0 Å². The van der Waals surface area contributed by atoms with E-state index in [9.17, 15) is 0 Å². The van der Waals surface area contributed by atoms with E-state index in [0.717, 1.165) is 22.2 Å². The van der Waals surface area contributed by atoms with E-state index in [2.05, 4.69) is 41.2 Å². The van der Waals surface area contributed by atoms with Crippen molar-refractivity contribution in [2.45, 2.75) is 13.8 Å². The number of H-pyrrole nitrogens is 1. The number of nitrogens with one attached hydrogen (secondary N) is 1. The van der Waals surface area contributed by atoms with E-state index in [0.29, 0.717) is 0 Å². The van der Waals surface area contributed by atoms with Gasteiger partial charge in [0, 0.05) is 16.6 Å². The fourth-order valence-corrected chi connectivity index (χ4v) is 2.12. The van der Waals surface area contributed by atoms with Gasteiger partial charge in [-0.25, -0.2) is 0 Å². The highest BCUT2D eigenvalue weighted by atomic mass is 14.8. The van der Waals surface area contributed by atoms with Gasteiger partial charge in [-0.2, -0.15) is 0 Å². The van der Waals surface area contributed by atoms with E-state index < -0.39 is 0 Å². The molecular weight excluding hydrogens is 184 g/mol. The average Bonchev–Trinajstić information content (AvgIpc) is 2.57. The molecule has 2 aromatic heterocycles. The summed E-state index contributed by atoms with van der Waals surface area (Å²) in [6.07, 6.45) is 0. The zero-order chi connectivity index (χ0) is 10.4. The molecule has 0 radical (unpaired) electrons. The summed E-state index contributed by atoms with van der Waals surface area (Å²) in [5, 5.41) is 1.21. The molecule has 2 heterocycles. The molecule has 0 saturated heterocycles. The second-order valence-electron chi connectivity index (χ2n) is 3.97. The molecule has 1 N–H and O–H groups in total. The van der Waals surface area contributed by atoms with Gasteiger partial charge in [0.15, 0.2) is 0 Å². The minimum absolute atomic E-state index is 1.07. The topological polar surface area (TPSA) is 28.7 Å². The minimum atomic E-state index is 1.07. The summed E-state index contributed by atoms with van der Waals surface area (Å²) < 4.78 is 0. The van der Waals surface area contributed by atoms with Crippen LogP contribution in [0.3, 0.4) is 0 Å². The highest BCUT2D eigenvalue weighted by molar-refractivity contribution is 6.05. The smallest absolute Gasteiger partial charge is 0.0963 e. The summed E-state index contributed by atoms with van der Waals surface area (Å²) in [7, 11) is 0. The van der Waals surface area contributed by atoms with Gasteiger partial charge in [0.05, 0.1) is 11.0 Å². The number of benzene rings is 1. The Hall–Kier alpha value is -1.83. The van der Waals surface area contributed by atoms with Gasteiger partial charge < -0.3 is 4.98 Å². The maximum atomic E-state index is 4.59. The number of aryl methyl sites for hydroxylation is 2. The van der Waals surface area contributed by atoms with Crippen LogP contribution in [0.4, 0.5) is 0 Å². The lowest BCUT2D eigenvalue weighted by molar-refractivity contribution is 1.23. The molecule has 0 spiro atoms. The van der Waals surface area contributed by atoms with Gasteiger partial charge in [-0.3, -0.25) is 4.98 Å². The van der Waals surface area contributed by atoms with Crippen molar-refractivity contribution in [2.75, 3.05) is 0 Å². The third kappa shape index (κ3) is 1.14. The van der Waals surface area contributed by atoms with Crippen LogP contribution in [-0.2, 0) is 0 Å². The fraction of sp³-hybridized carbons (Fsp3) is 0.154. The van der Waals surface area contributed by atoms with E-state index in [1.807, 2.05) is 13.0 Å². The van der Waals surface area contributed by atoms with Crippen LogP contribution in [0.5, 0.6) is 0 Å². The number of aromatic nitrogens is 2. The summed E-state index contributed by atoms with van der Waals surface area (Å²) in [6, 6.07) is 10.4. The monoisotopic (exact) mass is 196 g/mol. The lowest BCUT2D eigenvalue weighted by atomic mass is 10.2. The Bertz CT molecular complexity index is 650. The summed E-state index contributed by atoms with van der Waals surface area (Å²) in [6.45, 7) is 4.15. The van der Waals surface area contributed by atoms with Crippen LogP contribution >= 0.6 is 0 Å². The summed E-state index contributed by atoms with van der Waals surface area (Å²) in [5.74, 6) is 0. The molecule has 3 rings (SSSR count). The Morgan fingerprint density at radius 2 is 1.93 bits per heavy atom. The van der Waals surface area contributed by atoms with Gasteiger partial charge in [0.2, 0.25) is 0 Å². The normalized spacial score (nSPS) is 11.3. The summed E-state index contributed by atoms with van der Waals surface area (Å²) in [5.41, 5.74) is 5.73. The quantitative estimate of drug-likeness (QED) is 0.587. The van der Waals surface area contributed by atoms with E-state index in [1.54, 1.807) is 0 Å². The van der Waals surface area contributed by atoms with Gasteiger partial charge in [-0.1, -0.05) is 18.2 Å². The molecule has 2 nitrogen and oxygen atoms in total. The second-order valence-corrected chi connectivity index (χ2v) is 3.97. The van der Waals surface area contributed by atoms with Crippen LogP contribution < -0.4 is 0 Å². The van der Waals surface area contributed by atoms with Crippen LogP contribution in [0, 0.1) is 13.8 Å². The first-order valence-corrected chi connectivity index (χ1v) is 5.10.